The lowest BCUT2D eigenvalue weighted by molar-refractivity contribution is -0.134. The number of fused-ring (bicyclic) bond motifs is 1. The molecule has 3 aromatic rings. The second-order valence-corrected chi connectivity index (χ2v) is 7.57. The molecule has 1 atom stereocenters. The van der Waals surface area contributed by atoms with Crippen molar-refractivity contribution in [3.05, 3.63) is 77.5 Å². The van der Waals surface area contributed by atoms with E-state index in [0.717, 1.165) is 4.90 Å². The number of hydrogen-bond donors (Lipinski definition) is 1. The zero-order valence-corrected chi connectivity index (χ0v) is 16.4. The number of para-hydroxylation sites is 1. The van der Waals surface area contributed by atoms with Gasteiger partial charge in [0.15, 0.2) is 5.54 Å². The Bertz CT molecular complexity index is 1220. The number of amides is 2. The molecule has 0 radical (unpaired) electrons. The first-order valence-corrected chi connectivity index (χ1v) is 9.59. The third-order valence-electron chi connectivity index (χ3n) is 5.47. The van der Waals surface area contributed by atoms with Gasteiger partial charge in [-0.05, 0) is 17.7 Å². The highest BCUT2D eigenvalue weighted by atomic mass is 19.3. The molecule has 4 rings (SSSR count). The van der Waals surface area contributed by atoms with Crippen LogP contribution in [0.4, 0.5) is 8.78 Å². The van der Waals surface area contributed by atoms with Crippen LogP contribution in [0.3, 0.4) is 0 Å². The number of carbonyl (C=O) groups is 2. The summed E-state index contributed by atoms with van der Waals surface area (Å²) in [6.45, 7) is -0.870. The molecule has 1 aromatic heterocycles. The summed E-state index contributed by atoms with van der Waals surface area (Å²) in [5.41, 5.74) is 4.88. The number of pyridine rings is 1. The number of primary amides is 1. The number of nitrogens with two attached hydrogens (primary N) is 1. The molecule has 2 N–H and O–H groups in total. The Hall–Kier alpha value is -3.86. The van der Waals surface area contributed by atoms with E-state index >= 15 is 0 Å². The van der Waals surface area contributed by atoms with E-state index in [9.17, 15) is 23.6 Å². The van der Waals surface area contributed by atoms with E-state index in [0.29, 0.717) is 16.5 Å². The van der Waals surface area contributed by atoms with Crippen molar-refractivity contribution in [3.63, 3.8) is 0 Å². The summed E-state index contributed by atoms with van der Waals surface area (Å²) in [7, 11) is 0. The minimum atomic E-state index is -3.21. The highest BCUT2D eigenvalue weighted by Crippen LogP contribution is 2.46. The van der Waals surface area contributed by atoms with Crippen LogP contribution in [0.2, 0.25) is 0 Å². The predicted octanol–water partition coefficient (Wildman–Crippen LogP) is 3.16. The van der Waals surface area contributed by atoms with Crippen LogP contribution in [0.25, 0.3) is 10.9 Å². The maximum Gasteiger partial charge on any atom is 0.269 e. The Labute approximate surface area is 176 Å². The van der Waals surface area contributed by atoms with Gasteiger partial charge < -0.3 is 10.6 Å². The summed E-state index contributed by atoms with van der Waals surface area (Å²) in [6, 6.07) is 18.3. The molecule has 2 heterocycles. The molecule has 156 valence electrons. The largest absolute Gasteiger partial charge is 0.366 e. The van der Waals surface area contributed by atoms with Crippen molar-refractivity contribution in [1.29, 1.82) is 5.26 Å². The Morgan fingerprint density at radius 3 is 2.48 bits per heavy atom. The summed E-state index contributed by atoms with van der Waals surface area (Å²) in [4.78, 5) is 30.3. The normalized spacial score (nSPS) is 19.8. The van der Waals surface area contributed by atoms with Crippen molar-refractivity contribution in [2.24, 2.45) is 5.73 Å². The number of nitrogens with zero attached hydrogens (tertiary/aromatic N) is 3. The van der Waals surface area contributed by atoms with Crippen LogP contribution in [-0.2, 0) is 16.8 Å². The molecular weight excluding hydrogens is 402 g/mol. The average Bonchev–Trinajstić information content (AvgIpc) is 3.05. The Balaban J connectivity index is 1.74. The molecule has 0 saturated carbocycles. The number of hydrogen-bond acceptors (Lipinski definition) is 4. The molecule has 1 aliphatic heterocycles. The third kappa shape index (κ3) is 3.59. The van der Waals surface area contributed by atoms with Crippen LogP contribution in [0.1, 0.15) is 28.0 Å². The number of benzene rings is 2. The molecule has 1 aliphatic rings. The molecule has 0 spiro atoms. The number of aromatic nitrogens is 1. The molecule has 1 fully saturated rings. The standard InChI is InChI=1S/C23H18F2N4O2/c24-23(25)12-22(13-26,15-6-2-1-3-7-15)29(14-23)20(30)11-16-10-18(21(27)31)17-8-4-5-9-19(17)28-16/h1-10H,11-12,14H2,(H2,27,31)/t22-/m0/s1. The lowest BCUT2D eigenvalue weighted by atomic mass is 9.87. The van der Waals surface area contributed by atoms with Gasteiger partial charge in [0.25, 0.3) is 5.92 Å². The highest BCUT2D eigenvalue weighted by Gasteiger charge is 2.58. The first-order valence-electron chi connectivity index (χ1n) is 9.59. The maximum absolute atomic E-state index is 14.4. The van der Waals surface area contributed by atoms with Gasteiger partial charge >= 0.3 is 0 Å². The van der Waals surface area contributed by atoms with Crippen molar-refractivity contribution in [3.8, 4) is 6.07 Å². The quantitative estimate of drug-likeness (QED) is 0.701. The van der Waals surface area contributed by atoms with Crippen LogP contribution < -0.4 is 5.73 Å². The van der Waals surface area contributed by atoms with E-state index in [-0.39, 0.29) is 17.7 Å². The average molecular weight is 420 g/mol. The second-order valence-electron chi connectivity index (χ2n) is 7.57. The summed E-state index contributed by atoms with van der Waals surface area (Å²) >= 11 is 0. The molecule has 0 bridgehead atoms. The van der Waals surface area contributed by atoms with Gasteiger partial charge in [-0.2, -0.15) is 5.26 Å². The van der Waals surface area contributed by atoms with Crippen molar-refractivity contribution < 1.29 is 18.4 Å². The van der Waals surface area contributed by atoms with E-state index in [1.807, 2.05) is 6.07 Å². The fraction of sp³-hybridized carbons (Fsp3) is 0.217. The van der Waals surface area contributed by atoms with Crippen LogP contribution >= 0.6 is 0 Å². The summed E-state index contributed by atoms with van der Waals surface area (Å²) < 4.78 is 28.8. The molecule has 0 aliphatic carbocycles. The fourth-order valence-corrected chi connectivity index (χ4v) is 4.10. The first-order chi connectivity index (χ1) is 14.8. The van der Waals surface area contributed by atoms with Gasteiger partial charge in [-0.1, -0.05) is 48.5 Å². The van der Waals surface area contributed by atoms with Gasteiger partial charge in [0.1, 0.15) is 0 Å². The van der Waals surface area contributed by atoms with Gasteiger partial charge in [0.2, 0.25) is 11.8 Å². The van der Waals surface area contributed by atoms with Crippen LogP contribution in [0.5, 0.6) is 0 Å². The third-order valence-corrected chi connectivity index (χ3v) is 5.47. The molecule has 0 unspecified atom stereocenters. The number of carbonyl (C=O) groups excluding carboxylic acids is 2. The van der Waals surface area contributed by atoms with Gasteiger partial charge in [0, 0.05) is 5.39 Å². The fourth-order valence-electron chi connectivity index (χ4n) is 4.10. The first kappa shape index (κ1) is 20.4. The lowest BCUT2D eigenvalue weighted by Crippen LogP contribution is -2.45. The smallest absolute Gasteiger partial charge is 0.269 e. The topological polar surface area (TPSA) is 100 Å². The number of nitriles is 1. The molecule has 1 saturated heterocycles. The van der Waals surface area contributed by atoms with E-state index in [2.05, 4.69) is 4.98 Å². The summed E-state index contributed by atoms with van der Waals surface area (Å²) in [5.74, 6) is -4.58. The molecule has 8 heteroatoms. The number of rotatable bonds is 4. The van der Waals surface area contributed by atoms with E-state index in [1.54, 1.807) is 54.6 Å². The zero-order chi connectivity index (χ0) is 22.2. The van der Waals surface area contributed by atoms with Crippen LogP contribution in [0, 0.1) is 11.3 Å². The van der Waals surface area contributed by atoms with E-state index < -0.39 is 36.2 Å². The highest BCUT2D eigenvalue weighted by molar-refractivity contribution is 6.05. The van der Waals surface area contributed by atoms with Gasteiger partial charge in [0.05, 0.1) is 42.2 Å². The number of alkyl halides is 2. The van der Waals surface area contributed by atoms with Gasteiger partial charge in [-0.3, -0.25) is 14.6 Å². The number of likely N-dealkylation sites (tertiary alicyclic amines) is 1. The lowest BCUT2D eigenvalue weighted by Gasteiger charge is -2.32. The summed E-state index contributed by atoms with van der Waals surface area (Å²) in [6.07, 6.45) is -1.14. The van der Waals surface area contributed by atoms with E-state index in [4.69, 9.17) is 5.73 Å². The SMILES string of the molecule is N#C[C@]1(c2ccccc2)CC(F)(F)CN1C(=O)Cc1cc(C(N)=O)c2ccccc2n1. The second kappa shape index (κ2) is 7.43. The summed E-state index contributed by atoms with van der Waals surface area (Å²) in [5, 5.41) is 10.4. The minimum absolute atomic E-state index is 0.190. The number of halogens is 2. The maximum atomic E-state index is 14.4. The Morgan fingerprint density at radius 1 is 1.13 bits per heavy atom. The zero-order valence-electron chi connectivity index (χ0n) is 16.4. The van der Waals surface area contributed by atoms with Crippen molar-refractivity contribution in [2.75, 3.05) is 6.54 Å². The molecule has 6 nitrogen and oxygen atoms in total. The van der Waals surface area contributed by atoms with Gasteiger partial charge in [-0.25, -0.2) is 8.78 Å². The minimum Gasteiger partial charge on any atom is -0.366 e. The molecule has 31 heavy (non-hydrogen) atoms. The van der Waals surface area contributed by atoms with Crippen molar-refractivity contribution in [1.82, 2.24) is 9.88 Å². The molecular formula is C23H18F2N4O2. The molecule has 2 amide bonds. The van der Waals surface area contributed by atoms with Crippen LogP contribution in [0.15, 0.2) is 60.7 Å². The van der Waals surface area contributed by atoms with Crippen molar-refractivity contribution >= 4 is 22.7 Å². The molecule has 2 aromatic carbocycles. The Kier molecular flexibility index (Phi) is 4.90. The van der Waals surface area contributed by atoms with Crippen LogP contribution in [-0.4, -0.2) is 34.2 Å². The van der Waals surface area contributed by atoms with Gasteiger partial charge in [-0.15, -0.1) is 0 Å². The van der Waals surface area contributed by atoms with E-state index in [1.165, 1.54) is 6.07 Å². The predicted molar refractivity (Wildman–Crippen MR) is 109 cm³/mol. The Morgan fingerprint density at radius 2 is 1.81 bits per heavy atom. The monoisotopic (exact) mass is 420 g/mol. The van der Waals surface area contributed by atoms with Crippen molar-refractivity contribution in [2.45, 2.75) is 24.3 Å².